The van der Waals surface area contributed by atoms with Crippen molar-refractivity contribution in [3.8, 4) is 0 Å². The second-order valence-corrected chi connectivity index (χ2v) is 3.86. The molecule has 1 amide bonds. The number of anilines is 2. The van der Waals surface area contributed by atoms with E-state index in [1.807, 2.05) is 6.92 Å². The van der Waals surface area contributed by atoms with Crippen molar-refractivity contribution in [2.75, 3.05) is 11.1 Å². The number of carbonyl (C=O) groups is 1. The summed E-state index contributed by atoms with van der Waals surface area (Å²) in [5, 5.41) is 3.61. The summed E-state index contributed by atoms with van der Waals surface area (Å²) >= 11 is 5.95. The average molecular weight is 228 g/mol. The number of nitrogen functional groups attached to an aromatic ring is 1. The number of hydrogen-bond acceptors (Lipinski definition) is 3. The highest BCUT2D eigenvalue weighted by Crippen LogP contribution is 2.24. The Bertz CT molecular complexity index is 368. The third-order valence-electron chi connectivity index (χ3n) is 1.90. The van der Waals surface area contributed by atoms with E-state index in [1.54, 1.807) is 18.2 Å². The smallest absolute Gasteiger partial charge is 0.219 e. The minimum atomic E-state index is -0.346. The van der Waals surface area contributed by atoms with Gasteiger partial charge in [0, 0.05) is 18.2 Å². The third-order valence-corrected chi connectivity index (χ3v) is 2.22. The molecule has 0 aromatic heterocycles. The number of benzene rings is 1. The fraction of sp³-hybridized carbons (Fsp3) is 0.300. The predicted molar refractivity (Wildman–Crippen MR) is 62.8 cm³/mol. The van der Waals surface area contributed by atoms with Gasteiger partial charge < -0.3 is 16.8 Å². The van der Waals surface area contributed by atoms with Gasteiger partial charge in [0.1, 0.15) is 0 Å². The van der Waals surface area contributed by atoms with Gasteiger partial charge in [0.15, 0.2) is 0 Å². The monoisotopic (exact) mass is 227 g/mol. The molecular formula is C10H14ClN3O. The van der Waals surface area contributed by atoms with Crippen molar-refractivity contribution in [2.45, 2.75) is 19.4 Å². The van der Waals surface area contributed by atoms with E-state index in [2.05, 4.69) is 5.32 Å². The van der Waals surface area contributed by atoms with Crippen molar-refractivity contribution in [1.29, 1.82) is 0 Å². The van der Waals surface area contributed by atoms with E-state index in [9.17, 15) is 4.79 Å². The molecule has 82 valence electrons. The molecule has 1 unspecified atom stereocenters. The highest BCUT2D eigenvalue weighted by Gasteiger charge is 2.07. The average Bonchev–Trinajstić information content (AvgIpc) is 2.08. The zero-order valence-corrected chi connectivity index (χ0v) is 9.21. The SMILES string of the molecule is CC(CC(N)=O)Nc1ccc(N)cc1Cl. The Kier molecular flexibility index (Phi) is 3.80. The maximum Gasteiger partial charge on any atom is 0.219 e. The summed E-state index contributed by atoms with van der Waals surface area (Å²) in [4.78, 5) is 10.7. The zero-order valence-electron chi connectivity index (χ0n) is 8.46. The number of amides is 1. The van der Waals surface area contributed by atoms with Gasteiger partial charge in [-0.05, 0) is 25.1 Å². The Morgan fingerprint density at radius 2 is 2.27 bits per heavy atom. The molecule has 0 aliphatic heterocycles. The van der Waals surface area contributed by atoms with Gasteiger partial charge in [-0.1, -0.05) is 11.6 Å². The van der Waals surface area contributed by atoms with Crippen LogP contribution in [0.3, 0.4) is 0 Å². The number of nitrogens with one attached hydrogen (secondary N) is 1. The molecule has 5 N–H and O–H groups in total. The summed E-state index contributed by atoms with van der Waals surface area (Å²) < 4.78 is 0. The first kappa shape index (κ1) is 11.7. The summed E-state index contributed by atoms with van der Waals surface area (Å²) in [5.41, 5.74) is 12.0. The van der Waals surface area contributed by atoms with Crippen LogP contribution in [-0.2, 0) is 4.79 Å². The molecule has 0 heterocycles. The molecule has 0 fully saturated rings. The van der Waals surface area contributed by atoms with Crippen molar-refractivity contribution < 1.29 is 4.79 Å². The fourth-order valence-electron chi connectivity index (χ4n) is 1.27. The van der Waals surface area contributed by atoms with Crippen molar-refractivity contribution in [3.05, 3.63) is 23.2 Å². The Morgan fingerprint density at radius 1 is 1.60 bits per heavy atom. The Balaban J connectivity index is 2.68. The Labute approximate surface area is 93.6 Å². The zero-order chi connectivity index (χ0) is 11.4. The van der Waals surface area contributed by atoms with E-state index in [0.717, 1.165) is 5.69 Å². The highest BCUT2D eigenvalue weighted by molar-refractivity contribution is 6.33. The Morgan fingerprint density at radius 3 is 2.80 bits per heavy atom. The lowest BCUT2D eigenvalue weighted by Crippen LogP contribution is -2.24. The molecule has 0 spiro atoms. The highest BCUT2D eigenvalue weighted by atomic mass is 35.5. The lowest BCUT2D eigenvalue weighted by atomic mass is 10.2. The number of nitrogens with two attached hydrogens (primary N) is 2. The van der Waals surface area contributed by atoms with E-state index in [4.69, 9.17) is 23.1 Å². The van der Waals surface area contributed by atoms with Crippen molar-refractivity contribution in [3.63, 3.8) is 0 Å². The van der Waals surface area contributed by atoms with Gasteiger partial charge in [0.25, 0.3) is 0 Å². The van der Waals surface area contributed by atoms with Crippen molar-refractivity contribution >= 4 is 28.9 Å². The van der Waals surface area contributed by atoms with Crippen LogP contribution in [0.2, 0.25) is 5.02 Å². The van der Waals surface area contributed by atoms with Crippen LogP contribution in [0.4, 0.5) is 11.4 Å². The number of hydrogen-bond donors (Lipinski definition) is 3. The maximum atomic E-state index is 10.7. The largest absolute Gasteiger partial charge is 0.399 e. The quantitative estimate of drug-likeness (QED) is 0.684. The van der Waals surface area contributed by atoms with Gasteiger partial charge in [-0.3, -0.25) is 4.79 Å². The molecule has 15 heavy (non-hydrogen) atoms. The van der Waals surface area contributed by atoms with Crippen LogP contribution >= 0.6 is 11.6 Å². The minimum Gasteiger partial charge on any atom is -0.399 e. The van der Waals surface area contributed by atoms with E-state index in [0.29, 0.717) is 10.7 Å². The first-order chi connectivity index (χ1) is 6.99. The first-order valence-corrected chi connectivity index (χ1v) is 4.96. The van der Waals surface area contributed by atoms with Gasteiger partial charge >= 0.3 is 0 Å². The van der Waals surface area contributed by atoms with Crippen LogP contribution < -0.4 is 16.8 Å². The fourth-order valence-corrected chi connectivity index (χ4v) is 1.51. The van der Waals surface area contributed by atoms with Gasteiger partial charge in [0.05, 0.1) is 10.7 Å². The van der Waals surface area contributed by atoms with Crippen molar-refractivity contribution in [2.24, 2.45) is 5.73 Å². The standard InChI is InChI=1S/C10H14ClN3O/c1-6(4-10(13)15)14-9-3-2-7(12)5-8(9)11/h2-3,5-6,14H,4,12H2,1H3,(H2,13,15). The van der Waals surface area contributed by atoms with Crippen LogP contribution in [0.25, 0.3) is 0 Å². The molecule has 0 aliphatic rings. The van der Waals surface area contributed by atoms with Crippen LogP contribution in [0.5, 0.6) is 0 Å². The number of rotatable bonds is 4. The lowest BCUT2D eigenvalue weighted by molar-refractivity contribution is -0.118. The molecule has 1 rings (SSSR count). The topological polar surface area (TPSA) is 81.1 Å². The summed E-state index contributed by atoms with van der Waals surface area (Å²) in [6.45, 7) is 1.86. The van der Waals surface area contributed by atoms with Gasteiger partial charge in [0.2, 0.25) is 5.91 Å². The molecule has 0 saturated heterocycles. The number of carbonyl (C=O) groups excluding carboxylic acids is 1. The molecule has 1 aromatic rings. The molecule has 5 heteroatoms. The number of halogens is 1. The van der Waals surface area contributed by atoms with Crippen LogP contribution in [0.1, 0.15) is 13.3 Å². The summed E-state index contributed by atoms with van der Waals surface area (Å²) in [5.74, 6) is -0.346. The summed E-state index contributed by atoms with van der Waals surface area (Å²) in [6, 6.07) is 5.12. The lowest BCUT2D eigenvalue weighted by Gasteiger charge is -2.14. The molecule has 0 radical (unpaired) electrons. The molecule has 0 bridgehead atoms. The van der Waals surface area contributed by atoms with Gasteiger partial charge in [-0.15, -0.1) is 0 Å². The van der Waals surface area contributed by atoms with E-state index in [-0.39, 0.29) is 18.4 Å². The van der Waals surface area contributed by atoms with E-state index >= 15 is 0 Å². The molecular weight excluding hydrogens is 214 g/mol. The first-order valence-electron chi connectivity index (χ1n) is 4.59. The summed E-state index contributed by atoms with van der Waals surface area (Å²) in [6.07, 6.45) is 0.265. The molecule has 0 aliphatic carbocycles. The maximum absolute atomic E-state index is 10.7. The van der Waals surface area contributed by atoms with Crippen LogP contribution in [0.15, 0.2) is 18.2 Å². The molecule has 1 atom stereocenters. The predicted octanol–water partition coefficient (Wildman–Crippen LogP) is 1.60. The van der Waals surface area contributed by atoms with E-state index < -0.39 is 0 Å². The third kappa shape index (κ3) is 3.67. The van der Waals surface area contributed by atoms with Crippen LogP contribution in [-0.4, -0.2) is 11.9 Å². The molecule has 4 nitrogen and oxygen atoms in total. The molecule has 1 aromatic carbocycles. The molecule has 0 saturated carbocycles. The van der Waals surface area contributed by atoms with Gasteiger partial charge in [-0.25, -0.2) is 0 Å². The minimum absolute atomic E-state index is 0.0522. The Hall–Kier alpha value is -1.42. The normalized spacial score (nSPS) is 12.1. The second-order valence-electron chi connectivity index (χ2n) is 3.46. The van der Waals surface area contributed by atoms with Gasteiger partial charge in [-0.2, -0.15) is 0 Å². The van der Waals surface area contributed by atoms with Crippen LogP contribution in [0, 0.1) is 0 Å². The number of primary amides is 1. The van der Waals surface area contributed by atoms with E-state index in [1.165, 1.54) is 0 Å². The second kappa shape index (κ2) is 4.89. The summed E-state index contributed by atoms with van der Waals surface area (Å²) in [7, 11) is 0. The van der Waals surface area contributed by atoms with Crippen molar-refractivity contribution in [1.82, 2.24) is 0 Å².